The van der Waals surface area contributed by atoms with Crippen molar-refractivity contribution in [2.45, 2.75) is 50.4 Å². The average molecular weight is 747 g/mol. The van der Waals surface area contributed by atoms with E-state index in [0.29, 0.717) is 0 Å². The van der Waals surface area contributed by atoms with Crippen molar-refractivity contribution in [3.63, 3.8) is 0 Å². The number of allylic oxidation sites excluding steroid dienone is 1. The second-order valence-corrected chi connectivity index (χ2v) is 16.0. The molecule has 0 N–H and O–H groups in total. The highest BCUT2D eigenvalue weighted by atomic mass is 14.9. The molecule has 0 spiro atoms. The predicted octanol–water partition coefficient (Wildman–Crippen LogP) is 13.6. The SMILES string of the molecule is C1=Cc2nc(-c3ccc(C4(c5ccc(-c6nc(-c7ccc8ccccc8c7)c7ccccc7n6)cc5)CCCCC4)cc3)nc(-c3ccc4ccccc4c3)c2CC1. The van der Waals surface area contributed by atoms with Crippen LogP contribution >= 0.6 is 0 Å². The first-order valence-corrected chi connectivity index (χ1v) is 20.7. The van der Waals surface area contributed by atoms with E-state index in [0.717, 1.165) is 87.6 Å². The number of hydrogen-bond donors (Lipinski definition) is 0. The Balaban J connectivity index is 0.943. The normalized spacial score (nSPS) is 14.8. The minimum Gasteiger partial charge on any atom is -0.228 e. The number of benzene rings is 7. The van der Waals surface area contributed by atoms with Crippen LogP contribution in [0.3, 0.4) is 0 Å². The summed E-state index contributed by atoms with van der Waals surface area (Å²) in [4.78, 5) is 20.8. The Labute approximate surface area is 339 Å². The molecular weight excluding hydrogens is 705 g/mol. The van der Waals surface area contributed by atoms with Crippen molar-refractivity contribution in [1.29, 1.82) is 0 Å². The number of rotatable bonds is 6. The fraction of sp³-hybridized carbons (Fsp3) is 0.148. The number of hydrogen-bond acceptors (Lipinski definition) is 4. The van der Waals surface area contributed by atoms with Crippen LogP contribution < -0.4 is 0 Å². The molecule has 2 aliphatic carbocycles. The molecule has 9 aromatic rings. The van der Waals surface area contributed by atoms with Crippen LogP contribution in [-0.4, -0.2) is 19.9 Å². The van der Waals surface area contributed by atoms with Gasteiger partial charge in [-0.1, -0.05) is 165 Å². The zero-order valence-corrected chi connectivity index (χ0v) is 32.4. The molecule has 0 unspecified atom stereocenters. The van der Waals surface area contributed by atoms with Gasteiger partial charge in [0.15, 0.2) is 11.6 Å². The third-order valence-electron chi connectivity index (χ3n) is 12.6. The van der Waals surface area contributed by atoms with Crippen LogP contribution in [0.5, 0.6) is 0 Å². The molecule has 7 aromatic carbocycles. The number of nitrogens with zero attached hydrogens (tertiary/aromatic N) is 4. The Hall–Kier alpha value is -6.78. The van der Waals surface area contributed by atoms with Crippen LogP contribution in [0.1, 0.15) is 60.9 Å². The largest absolute Gasteiger partial charge is 0.228 e. The molecule has 0 radical (unpaired) electrons. The first-order chi connectivity index (χ1) is 28.7. The van der Waals surface area contributed by atoms with Gasteiger partial charge in [-0.15, -0.1) is 0 Å². The Morgan fingerprint density at radius 2 is 0.966 bits per heavy atom. The first-order valence-electron chi connectivity index (χ1n) is 20.7. The molecule has 2 aromatic heterocycles. The highest BCUT2D eigenvalue weighted by Gasteiger charge is 2.36. The second-order valence-electron chi connectivity index (χ2n) is 16.0. The van der Waals surface area contributed by atoms with Gasteiger partial charge < -0.3 is 0 Å². The highest BCUT2D eigenvalue weighted by molar-refractivity contribution is 5.96. The van der Waals surface area contributed by atoms with Crippen LogP contribution in [0.25, 0.3) is 83.8 Å². The summed E-state index contributed by atoms with van der Waals surface area (Å²) in [5.41, 5.74) is 12.2. The monoisotopic (exact) mass is 746 g/mol. The molecule has 0 saturated heterocycles. The van der Waals surface area contributed by atoms with Crippen LogP contribution in [-0.2, 0) is 11.8 Å². The summed E-state index contributed by atoms with van der Waals surface area (Å²) in [6.07, 6.45) is 12.3. The summed E-state index contributed by atoms with van der Waals surface area (Å²) < 4.78 is 0. The molecular formula is C54H42N4. The minimum absolute atomic E-state index is 0.0640. The standard InChI is InChI=1S/C54H42N4/c1-10-32-54(33-11-1,44-28-24-38(25-29-44)52-55-48-18-8-6-16-46(48)50(57-52)42-22-20-36-12-2-4-14-40(36)34-42)45-30-26-39(27-31-45)53-56-49-19-9-7-17-47(49)51(58-53)43-23-21-37-13-3-5-15-41(37)35-43/h2-6,8-9,12-16,18-31,34-35H,1,7,10-11,17,32-33H2. The Morgan fingerprint density at radius 1 is 0.431 bits per heavy atom. The summed E-state index contributed by atoms with van der Waals surface area (Å²) in [5.74, 6) is 1.53. The van der Waals surface area contributed by atoms with Gasteiger partial charge in [0, 0.05) is 38.6 Å². The zero-order valence-electron chi connectivity index (χ0n) is 32.4. The van der Waals surface area contributed by atoms with Gasteiger partial charge in [-0.05, 0) is 82.6 Å². The van der Waals surface area contributed by atoms with E-state index >= 15 is 0 Å². The lowest BCUT2D eigenvalue weighted by atomic mass is 9.65. The lowest BCUT2D eigenvalue weighted by Crippen LogP contribution is -2.30. The average Bonchev–Trinajstić information content (AvgIpc) is 3.31. The molecule has 278 valence electrons. The van der Waals surface area contributed by atoms with Gasteiger partial charge in [-0.2, -0.15) is 0 Å². The van der Waals surface area contributed by atoms with Gasteiger partial charge in [0.25, 0.3) is 0 Å². The maximum Gasteiger partial charge on any atom is 0.160 e. The summed E-state index contributed by atoms with van der Waals surface area (Å²) in [5, 5.41) is 5.96. The van der Waals surface area contributed by atoms with E-state index in [4.69, 9.17) is 19.9 Å². The van der Waals surface area contributed by atoms with Gasteiger partial charge in [-0.25, -0.2) is 19.9 Å². The third-order valence-corrected chi connectivity index (χ3v) is 12.6. The van der Waals surface area contributed by atoms with Gasteiger partial charge in [0.1, 0.15) is 0 Å². The molecule has 0 bridgehead atoms. The summed E-state index contributed by atoms with van der Waals surface area (Å²) in [7, 11) is 0. The smallest absolute Gasteiger partial charge is 0.160 e. The summed E-state index contributed by atoms with van der Waals surface area (Å²) in [6.45, 7) is 0. The Bertz CT molecular complexity index is 3030. The van der Waals surface area contributed by atoms with Gasteiger partial charge in [0.2, 0.25) is 0 Å². The molecule has 0 amide bonds. The number of aromatic nitrogens is 4. The van der Waals surface area contributed by atoms with E-state index < -0.39 is 0 Å². The molecule has 2 heterocycles. The molecule has 4 nitrogen and oxygen atoms in total. The molecule has 0 atom stereocenters. The fourth-order valence-corrected chi connectivity index (χ4v) is 9.55. The maximum atomic E-state index is 5.29. The zero-order chi connectivity index (χ0) is 38.5. The van der Waals surface area contributed by atoms with Crippen molar-refractivity contribution in [1.82, 2.24) is 19.9 Å². The topological polar surface area (TPSA) is 51.6 Å². The minimum atomic E-state index is -0.0640. The summed E-state index contributed by atoms with van der Waals surface area (Å²) in [6, 6.07) is 57.0. The van der Waals surface area contributed by atoms with Gasteiger partial charge in [-0.3, -0.25) is 0 Å². The van der Waals surface area contributed by atoms with Crippen molar-refractivity contribution < 1.29 is 0 Å². The first kappa shape index (κ1) is 34.5. The van der Waals surface area contributed by atoms with E-state index in [-0.39, 0.29) is 5.41 Å². The van der Waals surface area contributed by atoms with Crippen LogP contribution in [0.15, 0.2) is 164 Å². The van der Waals surface area contributed by atoms with Gasteiger partial charge in [0.05, 0.1) is 22.6 Å². The molecule has 2 aliphatic rings. The van der Waals surface area contributed by atoms with E-state index in [1.807, 2.05) is 0 Å². The van der Waals surface area contributed by atoms with Gasteiger partial charge >= 0.3 is 0 Å². The van der Waals surface area contributed by atoms with Crippen molar-refractivity contribution in [2.24, 2.45) is 0 Å². The lowest BCUT2D eigenvalue weighted by Gasteiger charge is -2.39. The second kappa shape index (κ2) is 14.3. The highest BCUT2D eigenvalue weighted by Crippen LogP contribution is 2.46. The molecule has 11 rings (SSSR count). The van der Waals surface area contributed by atoms with E-state index in [2.05, 4.69) is 170 Å². The lowest BCUT2D eigenvalue weighted by molar-refractivity contribution is 0.346. The van der Waals surface area contributed by atoms with Crippen LogP contribution in [0.2, 0.25) is 0 Å². The van der Waals surface area contributed by atoms with Crippen LogP contribution in [0, 0.1) is 0 Å². The quantitative estimate of drug-likeness (QED) is 0.170. The van der Waals surface area contributed by atoms with E-state index in [1.54, 1.807) is 0 Å². The fourth-order valence-electron chi connectivity index (χ4n) is 9.55. The molecule has 0 aliphatic heterocycles. The number of para-hydroxylation sites is 1. The van der Waals surface area contributed by atoms with Crippen molar-refractivity contribution >= 4 is 38.5 Å². The van der Waals surface area contributed by atoms with E-state index in [1.165, 1.54) is 57.5 Å². The maximum absolute atomic E-state index is 5.29. The number of fused-ring (bicyclic) bond motifs is 4. The van der Waals surface area contributed by atoms with Crippen molar-refractivity contribution in [2.75, 3.05) is 0 Å². The van der Waals surface area contributed by atoms with Crippen molar-refractivity contribution in [3.05, 3.63) is 186 Å². The van der Waals surface area contributed by atoms with Crippen molar-refractivity contribution in [3.8, 4) is 45.3 Å². The third kappa shape index (κ3) is 6.08. The summed E-state index contributed by atoms with van der Waals surface area (Å²) >= 11 is 0. The van der Waals surface area contributed by atoms with E-state index in [9.17, 15) is 0 Å². The Kier molecular flexibility index (Phi) is 8.50. The molecule has 1 saturated carbocycles. The molecule has 1 fully saturated rings. The molecule has 4 heteroatoms. The van der Waals surface area contributed by atoms with Crippen LogP contribution in [0.4, 0.5) is 0 Å². The Morgan fingerprint density at radius 3 is 1.62 bits per heavy atom. The molecule has 58 heavy (non-hydrogen) atoms. The predicted molar refractivity (Wildman–Crippen MR) is 240 cm³/mol.